The number of carbonyl (C=O) groups is 1. The first-order chi connectivity index (χ1) is 8.34. The van der Waals surface area contributed by atoms with E-state index in [1.165, 1.54) is 13.5 Å². The molecule has 0 aliphatic heterocycles. The van der Waals surface area contributed by atoms with E-state index in [9.17, 15) is 4.79 Å². The van der Waals surface area contributed by atoms with E-state index in [0.29, 0.717) is 27.8 Å². The first kappa shape index (κ1) is 13.4. The maximum Gasteiger partial charge on any atom is 0.337 e. The molecule has 1 aromatic carbocycles. The highest BCUT2D eigenvalue weighted by Crippen LogP contribution is 2.57. The molecule has 2 rings (SSSR count). The zero-order valence-electron chi connectivity index (χ0n) is 11.3. The Labute approximate surface area is 113 Å². The maximum absolute atomic E-state index is 11.4. The van der Waals surface area contributed by atoms with Crippen LogP contribution in [0, 0.1) is 11.3 Å². The van der Waals surface area contributed by atoms with Crippen LogP contribution in [0.2, 0.25) is 5.02 Å². The second-order valence-electron chi connectivity index (χ2n) is 6.04. The molecule has 2 nitrogen and oxygen atoms in total. The van der Waals surface area contributed by atoms with Gasteiger partial charge in [-0.2, -0.15) is 0 Å². The third-order valence-electron chi connectivity index (χ3n) is 3.72. The van der Waals surface area contributed by atoms with Crippen LogP contribution in [0.4, 0.5) is 0 Å². The van der Waals surface area contributed by atoms with Crippen molar-refractivity contribution in [3.05, 3.63) is 34.3 Å². The van der Waals surface area contributed by atoms with Gasteiger partial charge in [-0.1, -0.05) is 38.4 Å². The predicted octanol–water partition coefficient (Wildman–Crippen LogP) is 4.28. The number of hydrogen-bond acceptors (Lipinski definition) is 2. The molecule has 18 heavy (non-hydrogen) atoms. The summed E-state index contributed by atoms with van der Waals surface area (Å²) < 4.78 is 4.69. The number of hydrogen-bond donors (Lipinski definition) is 0. The van der Waals surface area contributed by atoms with E-state index in [0.717, 1.165) is 5.56 Å². The van der Waals surface area contributed by atoms with Gasteiger partial charge in [-0.05, 0) is 41.4 Å². The molecule has 0 spiro atoms. The summed E-state index contributed by atoms with van der Waals surface area (Å²) in [6, 6.07) is 5.47. The van der Waals surface area contributed by atoms with E-state index < -0.39 is 0 Å². The highest BCUT2D eigenvalue weighted by atomic mass is 35.5. The van der Waals surface area contributed by atoms with Crippen molar-refractivity contribution in [2.75, 3.05) is 7.11 Å². The van der Waals surface area contributed by atoms with E-state index in [-0.39, 0.29) is 5.97 Å². The number of benzene rings is 1. The highest BCUT2D eigenvalue weighted by molar-refractivity contribution is 6.31. The van der Waals surface area contributed by atoms with Crippen molar-refractivity contribution < 1.29 is 9.53 Å². The lowest BCUT2D eigenvalue weighted by atomic mass is 9.87. The average molecular weight is 267 g/mol. The second kappa shape index (κ2) is 4.58. The van der Waals surface area contributed by atoms with E-state index >= 15 is 0 Å². The number of halogens is 1. The number of esters is 1. The van der Waals surface area contributed by atoms with Crippen LogP contribution in [-0.4, -0.2) is 13.1 Å². The number of rotatable bonds is 2. The van der Waals surface area contributed by atoms with Gasteiger partial charge in [0.05, 0.1) is 12.7 Å². The minimum absolute atomic E-state index is 0.315. The van der Waals surface area contributed by atoms with Gasteiger partial charge in [0, 0.05) is 5.02 Å². The molecule has 3 heteroatoms. The van der Waals surface area contributed by atoms with Crippen molar-refractivity contribution in [1.29, 1.82) is 0 Å². The van der Waals surface area contributed by atoms with Gasteiger partial charge in [0.1, 0.15) is 0 Å². The van der Waals surface area contributed by atoms with Crippen molar-refractivity contribution in [3.8, 4) is 0 Å². The Morgan fingerprint density at radius 3 is 2.50 bits per heavy atom. The predicted molar refractivity (Wildman–Crippen MR) is 73.1 cm³/mol. The van der Waals surface area contributed by atoms with Crippen LogP contribution in [0.1, 0.15) is 49.0 Å². The summed E-state index contributed by atoms with van der Waals surface area (Å²) in [5, 5.41) is 0.676. The SMILES string of the molecule is COC(=O)c1ccc([C@@H]2C[C@H]2C(C)(C)C)c(Cl)c1. The summed E-state index contributed by atoms with van der Waals surface area (Å²) in [7, 11) is 1.38. The Hall–Kier alpha value is -1.02. The van der Waals surface area contributed by atoms with Gasteiger partial charge in [-0.15, -0.1) is 0 Å². The molecule has 1 saturated carbocycles. The van der Waals surface area contributed by atoms with Crippen molar-refractivity contribution in [2.24, 2.45) is 11.3 Å². The van der Waals surface area contributed by atoms with Gasteiger partial charge >= 0.3 is 5.97 Å². The van der Waals surface area contributed by atoms with Gasteiger partial charge < -0.3 is 4.74 Å². The molecule has 1 aliphatic rings. The smallest absolute Gasteiger partial charge is 0.337 e. The zero-order chi connectivity index (χ0) is 13.5. The fourth-order valence-electron chi connectivity index (χ4n) is 2.57. The second-order valence-corrected chi connectivity index (χ2v) is 6.45. The molecular formula is C15H19ClO2. The van der Waals surface area contributed by atoms with Crippen LogP contribution in [0.15, 0.2) is 18.2 Å². The van der Waals surface area contributed by atoms with Gasteiger partial charge in [-0.25, -0.2) is 4.79 Å². The van der Waals surface area contributed by atoms with E-state index in [1.54, 1.807) is 12.1 Å². The fourth-order valence-corrected chi connectivity index (χ4v) is 2.89. The van der Waals surface area contributed by atoms with Crippen molar-refractivity contribution in [1.82, 2.24) is 0 Å². The zero-order valence-corrected chi connectivity index (χ0v) is 12.0. The lowest BCUT2D eigenvalue weighted by Gasteiger charge is -2.18. The Morgan fingerprint density at radius 1 is 1.39 bits per heavy atom. The van der Waals surface area contributed by atoms with Crippen LogP contribution in [0.25, 0.3) is 0 Å². The van der Waals surface area contributed by atoms with Gasteiger partial charge in [0.15, 0.2) is 0 Å². The topological polar surface area (TPSA) is 26.3 Å². The first-order valence-electron chi connectivity index (χ1n) is 6.22. The molecule has 1 aromatic rings. The normalized spacial score (nSPS) is 22.7. The summed E-state index contributed by atoms with van der Waals surface area (Å²) >= 11 is 6.27. The molecule has 1 aliphatic carbocycles. The molecular weight excluding hydrogens is 248 g/mol. The van der Waals surface area contributed by atoms with Crippen LogP contribution in [0.3, 0.4) is 0 Å². The van der Waals surface area contributed by atoms with Gasteiger partial charge in [0.25, 0.3) is 0 Å². The van der Waals surface area contributed by atoms with E-state index in [4.69, 9.17) is 11.6 Å². The van der Waals surface area contributed by atoms with Crippen molar-refractivity contribution in [3.63, 3.8) is 0 Å². The standard InChI is InChI=1S/C15H19ClO2/c1-15(2,3)12-8-11(12)10-6-5-9(7-13(10)16)14(17)18-4/h5-7,11-12H,8H2,1-4H3/t11-,12+/m0/s1. The molecule has 0 amide bonds. The number of carbonyl (C=O) groups excluding carboxylic acids is 1. The molecule has 98 valence electrons. The molecule has 2 atom stereocenters. The Kier molecular flexibility index (Phi) is 3.41. The molecule has 1 fully saturated rings. The lowest BCUT2D eigenvalue weighted by Crippen LogP contribution is -2.09. The van der Waals surface area contributed by atoms with Gasteiger partial charge in [-0.3, -0.25) is 0 Å². The largest absolute Gasteiger partial charge is 0.465 e. The summed E-state index contributed by atoms with van der Waals surface area (Å²) in [5.74, 6) is 0.870. The van der Waals surface area contributed by atoms with Gasteiger partial charge in [0.2, 0.25) is 0 Å². The minimum atomic E-state index is -0.341. The van der Waals surface area contributed by atoms with E-state index in [2.05, 4.69) is 25.5 Å². The molecule has 0 bridgehead atoms. The summed E-state index contributed by atoms with van der Waals surface area (Å²) in [5.41, 5.74) is 1.98. The Morgan fingerprint density at radius 2 is 2.06 bits per heavy atom. The Bertz CT molecular complexity index is 474. The summed E-state index contributed by atoms with van der Waals surface area (Å²) in [6.45, 7) is 6.77. The van der Waals surface area contributed by atoms with Crippen molar-refractivity contribution in [2.45, 2.75) is 33.1 Å². The lowest BCUT2D eigenvalue weighted by molar-refractivity contribution is 0.0600. The number of methoxy groups -OCH3 is 1. The minimum Gasteiger partial charge on any atom is -0.465 e. The monoisotopic (exact) mass is 266 g/mol. The summed E-state index contributed by atoms with van der Waals surface area (Å²) in [6.07, 6.45) is 1.18. The van der Waals surface area contributed by atoms with Crippen molar-refractivity contribution >= 4 is 17.6 Å². The average Bonchev–Trinajstić information content (AvgIpc) is 3.07. The third-order valence-corrected chi connectivity index (χ3v) is 4.05. The summed E-state index contributed by atoms with van der Waals surface area (Å²) in [4.78, 5) is 11.4. The molecule has 0 unspecified atom stereocenters. The molecule has 0 N–H and O–H groups in total. The van der Waals surface area contributed by atoms with Crippen LogP contribution < -0.4 is 0 Å². The molecule has 0 heterocycles. The van der Waals surface area contributed by atoms with Crippen LogP contribution in [0.5, 0.6) is 0 Å². The van der Waals surface area contributed by atoms with Crippen LogP contribution in [-0.2, 0) is 4.74 Å². The number of ether oxygens (including phenoxy) is 1. The Balaban J connectivity index is 2.20. The van der Waals surface area contributed by atoms with Crippen LogP contribution >= 0.6 is 11.6 Å². The highest BCUT2D eigenvalue weighted by Gasteiger charge is 2.46. The molecule has 0 radical (unpaired) electrons. The first-order valence-corrected chi connectivity index (χ1v) is 6.60. The maximum atomic E-state index is 11.4. The molecule has 0 saturated heterocycles. The fraction of sp³-hybridized carbons (Fsp3) is 0.533. The van der Waals surface area contributed by atoms with E-state index in [1.807, 2.05) is 6.07 Å². The quantitative estimate of drug-likeness (QED) is 0.747. The third kappa shape index (κ3) is 2.54. The molecule has 0 aromatic heterocycles.